The number of nitrogens with zero attached hydrogens (tertiary/aromatic N) is 2. The number of halogens is 2. The van der Waals surface area contributed by atoms with Crippen molar-refractivity contribution in [3.8, 4) is 11.6 Å². The normalized spacial score (nSPS) is 12.5. The van der Waals surface area contributed by atoms with Crippen LogP contribution in [0.5, 0.6) is 0 Å². The number of furan rings is 1. The molecule has 1 atom stereocenters. The number of aromatic nitrogens is 2. The smallest absolute Gasteiger partial charge is 0.241 e. The molecule has 0 aliphatic rings. The minimum atomic E-state index is 0.0173. The zero-order chi connectivity index (χ0) is 15.5. The van der Waals surface area contributed by atoms with E-state index >= 15 is 0 Å². The van der Waals surface area contributed by atoms with Crippen molar-refractivity contribution in [2.45, 2.75) is 19.5 Å². The number of benzene rings is 1. The van der Waals surface area contributed by atoms with E-state index in [9.17, 15) is 0 Å². The average molecular weight is 338 g/mol. The lowest BCUT2D eigenvalue weighted by molar-refractivity contribution is 0.360. The second-order valence-corrected chi connectivity index (χ2v) is 5.60. The first kappa shape index (κ1) is 15.1. The maximum Gasteiger partial charge on any atom is 0.241 e. The van der Waals surface area contributed by atoms with E-state index in [4.69, 9.17) is 32.1 Å². The molecule has 0 saturated carbocycles. The Morgan fingerprint density at radius 1 is 1.27 bits per heavy atom. The van der Waals surface area contributed by atoms with Gasteiger partial charge in [0.15, 0.2) is 5.76 Å². The molecule has 1 unspecified atom stereocenters. The summed E-state index contributed by atoms with van der Waals surface area (Å²) in [6, 6.07) is 8.99. The van der Waals surface area contributed by atoms with Crippen LogP contribution in [0.4, 0.5) is 0 Å². The Labute approximate surface area is 137 Å². The minimum Gasteiger partial charge on any atom is -0.461 e. The highest BCUT2D eigenvalue weighted by atomic mass is 35.5. The Balaban J connectivity index is 1.65. The highest BCUT2D eigenvalue weighted by Crippen LogP contribution is 2.26. The van der Waals surface area contributed by atoms with Crippen LogP contribution in [-0.2, 0) is 6.54 Å². The van der Waals surface area contributed by atoms with Crippen molar-refractivity contribution < 1.29 is 8.94 Å². The molecule has 0 radical (unpaired) electrons. The van der Waals surface area contributed by atoms with Crippen molar-refractivity contribution in [1.82, 2.24) is 15.5 Å². The van der Waals surface area contributed by atoms with Gasteiger partial charge in [-0.2, -0.15) is 4.98 Å². The second-order valence-electron chi connectivity index (χ2n) is 4.76. The third-order valence-corrected chi connectivity index (χ3v) is 3.76. The molecule has 1 aromatic carbocycles. The van der Waals surface area contributed by atoms with Crippen LogP contribution in [-0.4, -0.2) is 10.1 Å². The van der Waals surface area contributed by atoms with E-state index in [1.807, 2.05) is 19.1 Å². The molecular weight excluding hydrogens is 325 g/mol. The molecule has 2 aromatic heterocycles. The van der Waals surface area contributed by atoms with Crippen LogP contribution in [0.25, 0.3) is 11.6 Å². The molecule has 7 heteroatoms. The summed E-state index contributed by atoms with van der Waals surface area (Å²) in [5.74, 6) is 1.48. The summed E-state index contributed by atoms with van der Waals surface area (Å²) in [5.41, 5.74) is 0.955. The summed E-state index contributed by atoms with van der Waals surface area (Å²) in [4.78, 5) is 4.27. The van der Waals surface area contributed by atoms with E-state index in [0.717, 1.165) is 5.56 Å². The van der Waals surface area contributed by atoms with Crippen LogP contribution in [0.3, 0.4) is 0 Å². The van der Waals surface area contributed by atoms with Crippen LogP contribution in [0.2, 0.25) is 10.0 Å². The van der Waals surface area contributed by atoms with Gasteiger partial charge in [-0.05, 0) is 36.8 Å². The van der Waals surface area contributed by atoms with Crippen molar-refractivity contribution >= 4 is 23.2 Å². The third kappa shape index (κ3) is 3.32. The number of hydrogen-bond donors (Lipinski definition) is 1. The predicted molar refractivity (Wildman–Crippen MR) is 83.7 cm³/mol. The predicted octanol–water partition coefficient (Wildman–Crippen LogP) is 4.49. The van der Waals surface area contributed by atoms with Crippen LogP contribution < -0.4 is 5.32 Å². The van der Waals surface area contributed by atoms with Gasteiger partial charge in [0.25, 0.3) is 0 Å². The minimum absolute atomic E-state index is 0.0173. The van der Waals surface area contributed by atoms with E-state index in [1.54, 1.807) is 24.5 Å². The average Bonchev–Trinajstić information content (AvgIpc) is 3.16. The van der Waals surface area contributed by atoms with Crippen molar-refractivity contribution in [1.29, 1.82) is 0 Å². The molecule has 3 rings (SSSR count). The summed E-state index contributed by atoms with van der Waals surface area (Å²) in [6.45, 7) is 2.42. The van der Waals surface area contributed by atoms with Crippen molar-refractivity contribution in [3.63, 3.8) is 0 Å². The van der Waals surface area contributed by atoms with Crippen LogP contribution in [0.15, 0.2) is 45.5 Å². The van der Waals surface area contributed by atoms with E-state index in [-0.39, 0.29) is 6.04 Å². The van der Waals surface area contributed by atoms with Crippen LogP contribution in [0, 0.1) is 0 Å². The lowest BCUT2D eigenvalue weighted by Crippen LogP contribution is -2.18. The first-order valence-electron chi connectivity index (χ1n) is 6.68. The summed E-state index contributed by atoms with van der Waals surface area (Å²) < 4.78 is 10.4. The molecule has 0 amide bonds. The molecule has 2 heterocycles. The number of nitrogens with one attached hydrogen (secondary N) is 1. The lowest BCUT2D eigenvalue weighted by atomic mass is 10.1. The first-order valence-corrected chi connectivity index (χ1v) is 7.44. The van der Waals surface area contributed by atoms with Gasteiger partial charge in [-0.25, -0.2) is 0 Å². The van der Waals surface area contributed by atoms with Gasteiger partial charge in [0.1, 0.15) is 0 Å². The Bertz CT molecular complexity index is 756. The Morgan fingerprint density at radius 3 is 2.86 bits per heavy atom. The zero-order valence-electron chi connectivity index (χ0n) is 11.7. The van der Waals surface area contributed by atoms with Crippen LogP contribution in [0.1, 0.15) is 24.4 Å². The van der Waals surface area contributed by atoms with Gasteiger partial charge in [0, 0.05) is 16.1 Å². The summed E-state index contributed by atoms with van der Waals surface area (Å²) in [5, 5.41) is 8.39. The first-order chi connectivity index (χ1) is 10.6. The fraction of sp³-hybridized carbons (Fsp3) is 0.200. The molecule has 0 saturated heterocycles. The quantitative estimate of drug-likeness (QED) is 0.743. The molecular formula is C15H13Cl2N3O2. The standard InChI is InChI=1S/C15H13Cl2N3O2/c1-9(11-5-4-10(16)7-12(11)17)18-8-14-19-15(20-22-14)13-3-2-6-21-13/h2-7,9,18H,8H2,1H3. The van der Waals surface area contributed by atoms with Gasteiger partial charge < -0.3 is 14.3 Å². The Hall–Kier alpha value is -1.82. The molecule has 0 bridgehead atoms. The largest absolute Gasteiger partial charge is 0.461 e. The van der Waals surface area contributed by atoms with Gasteiger partial charge in [0.05, 0.1) is 12.8 Å². The van der Waals surface area contributed by atoms with Crippen molar-refractivity contribution in [2.24, 2.45) is 0 Å². The van der Waals surface area contributed by atoms with Gasteiger partial charge in [0.2, 0.25) is 11.7 Å². The monoisotopic (exact) mass is 337 g/mol. The lowest BCUT2D eigenvalue weighted by Gasteiger charge is -2.14. The molecule has 5 nitrogen and oxygen atoms in total. The Kier molecular flexibility index (Phi) is 4.47. The van der Waals surface area contributed by atoms with Gasteiger partial charge in [-0.15, -0.1) is 0 Å². The van der Waals surface area contributed by atoms with E-state index in [2.05, 4.69) is 15.5 Å². The van der Waals surface area contributed by atoms with Crippen LogP contribution >= 0.6 is 23.2 Å². The maximum absolute atomic E-state index is 6.19. The molecule has 22 heavy (non-hydrogen) atoms. The molecule has 0 aliphatic heterocycles. The highest BCUT2D eigenvalue weighted by Gasteiger charge is 2.13. The summed E-state index contributed by atoms with van der Waals surface area (Å²) in [7, 11) is 0. The fourth-order valence-electron chi connectivity index (χ4n) is 2.04. The van der Waals surface area contributed by atoms with Gasteiger partial charge >= 0.3 is 0 Å². The zero-order valence-corrected chi connectivity index (χ0v) is 13.2. The van der Waals surface area contributed by atoms with Gasteiger partial charge in [-0.1, -0.05) is 34.4 Å². The molecule has 114 valence electrons. The molecule has 0 aliphatic carbocycles. The summed E-state index contributed by atoms with van der Waals surface area (Å²) in [6.07, 6.45) is 1.56. The third-order valence-electron chi connectivity index (χ3n) is 3.20. The van der Waals surface area contributed by atoms with Crippen molar-refractivity contribution in [2.75, 3.05) is 0 Å². The summed E-state index contributed by atoms with van der Waals surface area (Å²) >= 11 is 12.1. The molecule has 3 aromatic rings. The molecule has 0 spiro atoms. The fourth-order valence-corrected chi connectivity index (χ4v) is 2.61. The SMILES string of the molecule is CC(NCc1nc(-c2ccco2)no1)c1ccc(Cl)cc1Cl. The molecule has 0 fully saturated rings. The van der Waals surface area contributed by atoms with E-state index < -0.39 is 0 Å². The van der Waals surface area contributed by atoms with E-state index in [1.165, 1.54) is 0 Å². The number of hydrogen-bond acceptors (Lipinski definition) is 5. The topological polar surface area (TPSA) is 64.1 Å². The van der Waals surface area contributed by atoms with Crippen molar-refractivity contribution in [3.05, 3.63) is 58.1 Å². The highest BCUT2D eigenvalue weighted by molar-refractivity contribution is 6.35. The maximum atomic E-state index is 6.19. The van der Waals surface area contributed by atoms with E-state index in [0.29, 0.717) is 34.1 Å². The second kappa shape index (κ2) is 6.52. The van der Waals surface area contributed by atoms with Gasteiger partial charge in [-0.3, -0.25) is 0 Å². The number of rotatable bonds is 5. The Morgan fingerprint density at radius 2 is 2.14 bits per heavy atom. The molecule has 1 N–H and O–H groups in total.